The van der Waals surface area contributed by atoms with Gasteiger partial charge in [-0.3, -0.25) is 0 Å². The Labute approximate surface area is 139 Å². The second kappa shape index (κ2) is 6.08. The van der Waals surface area contributed by atoms with E-state index < -0.39 is 0 Å². The molecule has 0 fully saturated rings. The SMILES string of the molecule is Nc1[nH]c2c(C3=CCCCC3)ncnc2c1Sc1ccccc1. The fraction of sp³-hybridized carbons (Fsp3) is 0.222. The molecule has 1 aromatic carbocycles. The molecule has 1 aliphatic carbocycles. The first-order valence-electron chi connectivity index (χ1n) is 7.87. The van der Waals surface area contributed by atoms with Crippen molar-refractivity contribution in [3.63, 3.8) is 0 Å². The molecule has 0 spiro atoms. The van der Waals surface area contributed by atoms with Gasteiger partial charge >= 0.3 is 0 Å². The number of aromatic nitrogens is 3. The number of fused-ring (bicyclic) bond motifs is 1. The summed E-state index contributed by atoms with van der Waals surface area (Å²) in [5.74, 6) is 0.659. The van der Waals surface area contributed by atoms with Crippen LogP contribution in [-0.4, -0.2) is 15.0 Å². The van der Waals surface area contributed by atoms with E-state index in [0.29, 0.717) is 5.82 Å². The number of nitrogen functional groups attached to an aromatic ring is 1. The Morgan fingerprint density at radius 2 is 1.96 bits per heavy atom. The second-order valence-electron chi connectivity index (χ2n) is 5.70. The maximum Gasteiger partial charge on any atom is 0.117 e. The Kier molecular flexibility index (Phi) is 3.79. The lowest BCUT2D eigenvalue weighted by Gasteiger charge is -2.12. The molecule has 2 aromatic heterocycles. The minimum atomic E-state index is 0.659. The topological polar surface area (TPSA) is 67.6 Å². The zero-order valence-corrected chi connectivity index (χ0v) is 13.6. The van der Waals surface area contributed by atoms with Crippen molar-refractivity contribution in [2.75, 3.05) is 5.73 Å². The smallest absolute Gasteiger partial charge is 0.117 e. The van der Waals surface area contributed by atoms with E-state index in [2.05, 4.69) is 33.2 Å². The van der Waals surface area contributed by atoms with Crippen LogP contribution in [0.3, 0.4) is 0 Å². The lowest BCUT2D eigenvalue weighted by atomic mass is 9.96. The van der Waals surface area contributed by atoms with Crippen molar-refractivity contribution >= 4 is 34.2 Å². The molecule has 0 atom stereocenters. The van der Waals surface area contributed by atoms with Gasteiger partial charge in [0.25, 0.3) is 0 Å². The van der Waals surface area contributed by atoms with Crippen molar-refractivity contribution < 1.29 is 0 Å². The summed E-state index contributed by atoms with van der Waals surface area (Å²) in [5.41, 5.74) is 10.4. The lowest BCUT2D eigenvalue weighted by Crippen LogP contribution is -1.97. The number of hydrogen-bond donors (Lipinski definition) is 2. The van der Waals surface area contributed by atoms with Crippen molar-refractivity contribution in [3.8, 4) is 0 Å². The molecule has 23 heavy (non-hydrogen) atoms. The Morgan fingerprint density at radius 3 is 2.74 bits per heavy atom. The minimum Gasteiger partial charge on any atom is -0.384 e. The zero-order chi connectivity index (χ0) is 15.6. The minimum absolute atomic E-state index is 0.659. The number of allylic oxidation sites excluding steroid dienone is 2. The van der Waals surface area contributed by atoms with E-state index in [1.54, 1.807) is 18.1 Å². The van der Waals surface area contributed by atoms with Gasteiger partial charge in [0.1, 0.15) is 17.7 Å². The van der Waals surface area contributed by atoms with Crippen LogP contribution in [0.15, 0.2) is 52.5 Å². The number of H-pyrrole nitrogens is 1. The molecule has 0 saturated carbocycles. The molecule has 0 amide bonds. The van der Waals surface area contributed by atoms with Gasteiger partial charge in [-0.25, -0.2) is 9.97 Å². The van der Waals surface area contributed by atoms with Crippen LogP contribution in [0.5, 0.6) is 0 Å². The van der Waals surface area contributed by atoms with Crippen LogP contribution in [0.2, 0.25) is 0 Å². The third kappa shape index (κ3) is 2.72. The van der Waals surface area contributed by atoms with Crippen LogP contribution < -0.4 is 5.73 Å². The summed E-state index contributed by atoms with van der Waals surface area (Å²) in [4.78, 5) is 14.4. The quantitative estimate of drug-likeness (QED) is 0.736. The van der Waals surface area contributed by atoms with Crippen molar-refractivity contribution in [1.82, 2.24) is 15.0 Å². The number of anilines is 1. The van der Waals surface area contributed by atoms with Crippen molar-refractivity contribution in [3.05, 3.63) is 48.4 Å². The maximum absolute atomic E-state index is 6.24. The van der Waals surface area contributed by atoms with E-state index in [-0.39, 0.29) is 0 Å². The van der Waals surface area contributed by atoms with E-state index in [9.17, 15) is 0 Å². The summed E-state index contributed by atoms with van der Waals surface area (Å²) in [6.07, 6.45) is 8.63. The summed E-state index contributed by atoms with van der Waals surface area (Å²) in [6.45, 7) is 0. The summed E-state index contributed by atoms with van der Waals surface area (Å²) < 4.78 is 0. The van der Waals surface area contributed by atoms with Crippen LogP contribution in [0, 0.1) is 0 Å². The van der Waals surface area contributed by atoms with Crippen LogP contribution in [0.25, 0.3) is 16.6 Å². The fourth-order valence-electron chi connectivity index (χ4n) is 3.00. The molecule has 1 aliphatic rings. The maximum atomic E-state index is 6.24. The number of benzene rings is 1. The van der Waals surface area contributed by atoms with E-state index in [1.165, 1.54) is 18.4 Å². The first-order valence-corrected chi connectivity index (χ1v) is 8.69. The lowest BCUT2D eigenvalue weighted by molar-refractivity contribution is 0.740. The molecule has 3 N–H and O–H groups in total. The van der Waals surface area contributed by atoms with Gasteiger partial charge in [-0.15, -0.1) is 0 Å². The number of nitrogens with one attached hydrogen (secondary N) is 1. The molecule has 0 unspecified atom stereocenters. The highest BCUT2D eigenvalue weighted by molar-refractivity contribution is 7.99. The predicted octanol–water partition coefficient (Wildman–Crippen LogP) is 4.65. The third-order valence-corrected chi connectivity index (χ3v) is 5.25. The summed E-state index contributed by atoms with van der Waals surface area (Å²) in [7, 11) is 0. The van der Waals surface area contributed by atoms with Gasteiger partial charge in [0.2, 0.25) is 0 Å². The number of hydrogen-bond acceptors (Lipinski definition) is 4. The van der Waals surface area contributed by atoms with Crippen molar-refractivity contribution in [1.29, 1.82) is 0 Å². The number of nitrogens with zero attached hydrogens (tertiary/aromatic N) is 2. The molecule has 3 aromatic rings. The summed E-state index contributed by atoms with van der Waals surface area (Å²) >= 11 is 1.64. The highest BCUT2D eigenvalue weighted by atomic mass is 32.2. The molecule has 116 valence electrons. The van der Waals surface area contributed by atoms with Gasteiger partial charge in [-0.2, -0.15) is 0 Å². The first kappa shape index (κ1) is 14.3. The average molecular weight is 322 g/mol. The molecule has 5 heteroatoms. The average Bonchev–Trinajstić information content (AvgIpc) is 2.92. The normalized spacial score (nSPS) is 14.9. The summed E-state index contributed by atoms with van der Waals surface area (Å²) in [5, 5.41) is 0. The Bertz CT molecular complexity index is 867. The van der Waals surface area contributed by atoms with Crippen molar-refractivity contribution in [2.45, 2.75) is 35.5 Å². The fourth-order valence-corrected chi connectivity index (χ4v) is 3.94. The number of rotatable bonds is 3. The van der Waals surface area contributed by atoms with Gasteiger partial charge in [-0.1, -0.05) is 36.0 Å². The van der Waals surface area contributed by atoms with E-state index in [1.807, 2.05) is 18.2 Å². The Morgan fingerprint density at radius 1 is 1.09 bits per heavy atom. The van der Waals surface area contributed by atoms with Gasteiger partial charge in [0, 0.05) is 4.90 Å². The summed E-state index contributed by atoms with van der Waals surface area (Å²) in [6, 6.07) is 10.2. The Hall–Kier alpha value is -2.27. The van der Waals surface area contributed by atoms with Crippen molar-refractivity contribution in [2.24, 2.45) is 0 Å². The van der Waals surface area contributed by atoms with E-state index in [4.69, 9.17) is 5.73 Å². The third-order valence-electron chi connectivity index (χ3n) is 4.12. The molecule has 4 nitrogen and oxygen atoms in total. The second-order valence-corrected chi connectivity index (χ2v) is 6.79. The number of aromatic amines is 1. The molecule has 0 saturated heterocycles. The Balaban J connectivity index is 1.81. The van der Waals surface area contributed by atoms with Gasteiger partial charge in [0.05, 0.1) is 16.1 Å². The molecule has 2 heterocycles. The van der Waals surface area contributed by atoms with Crippen LogP contribution >= 0.6 is 11.8 Å². The van der Waals surface area contributed by atoms with Crippen LogP contribution in [0.4, 0.5) is 5.82 Å². The van der Waals surface area contributed by atoms with Gasteiger partial charge < -0.3 is 10.7 Å². The van der Waals surface area contributed by atoms with Gasteiger partial charge in [0.15, 0.2) is 0 Å². The molecule has 4 rings (SSSR count). The molecule has 0 bridgehead atoms. The van der Waals surface area contributed by atoms with Crippen LogP contribution in [-0.2, 0) is 0 Å². The molecular weight excluding hydrogens is 304 g/mol. The largest absolute Gasteiger partial charge is 0.384 e. The van der Waals surface area contributed by atoms with Crippen LogP contribution in [0.1, 0.15) is 31.4 Å². The standard InChI is InChI=1S/C18H18N4S/c19-18-17(23-13-9-5-2-6-10-13)16-15(22-18)14(20-11-21-16)12-7-3-1-4-8-12/h2,5-7,9-11,22H,1,3-4,8,19H2. The predicted molar refractivity (Wildman–Crippen MR) is 95.3 cm³/mol. The highest BCUT2D eigenvalue weighted by Crippen LogP contribution is 2.39. The molecular formula is C18H18N4S. The van der Waals surface area contributed by atoms with Gasteiger partial charge in [-0.05, 0) is 43.4 Å². The van der Waals surface area contributed by atoms with E-state index in [0.717, 1.165) is 39.4 Å². The molecule has 0 radical (unpaired) electrons. The monoisotopic (exact) mass is 322 g/mol. The first-order chi connectivity index (χ1) is 11.3. The molecule has 0 aliphatic heterocycles. The highest BCUT2D eigenvalue weighted by Gasteiger charge is 2.18. The zero-order valence-electron chi connectivity index (χ0n) is 12.7. The van der Waals surface area contributed by atoms with E-state index >= 15 is 0 Å². The number of nitrogens with two attached hydrogens (primary N) is 1.